The number of rotatable bonds is 3. The van der Waals surface area contributed by atoms with Crippen LogP contribution in [-0.4, -0.2) is 30.2 Å². The molecule has 0 amide bonds. The van der Waals surface area contributed by atoms with Gasteiger partial charge in [0, 0.05) is 12.2 Å². The average Bonchev–Trinajstić information content (AvgIpc) is 3.36. The number of carbonyl (C=O) groups excluding carboxylic acids is 1. The Labute approximate surface area is 168 Å². The summed E-state index contributed by atoms with van der Waals surface area (Å²) in [5.41, 5.74) is -0.799. The number of nitrogens with one attached hydrogen (secondary N) is 1. The van der Waals surface area contributed by atoms with Crippen LogP contribution in [0.1, 0.15) is 61.5 Å². The van der Waals surface area contributed by atoms with Crippen LogP contribution in [0.5, 0.6) is 0 Å². The Morgan fingerprint density at radius 3 is 2.52 bits per heavy atom. The molecule has 4 rings (SSSR count). The SMILES string of the molecule is C1CCNC1.CC#Cc1c(F)c(F)cc2c(=O)c(C(=O)OCC)cn(C3CC3)c12. The zero-order valence-corrected chi connectivity index (χ0v) is 16.6. The Hall–Kier alpha value is -2.72. The van der Waals surface area contributed by atoms with E-state index in [1.54, 1.807) is 11.5 Å². The fourth-order valence-corrected chi connectivity index (χ4v) is 3.32. The van der Waals surface area contributed by atoms with E-state index in [-0.39, 0.29) is 34.7 Å². The smallest absolute Gasteiger partial charge is 0.343 e. The number of fused-ring (bicyclic) bond motifs is 1. The van der Waals surface area contributed by atoms with Crippen LogP contribution in [0.3, 0.4) is 0 Å². The summed E-state index contributed by atoms with van der Waals surface area (Å²) >= 11 is 0. The van der Waals surface area contributed by atoms with E-state index < -0.39 is 23.0 Å². The molecule has 1 aromatic heterocycles. The van der Waals surface area contributed by atoms with Crippen molar-refractivity contribution in [2.24, 2.45) is 0 Å². The Kier molecular flexibility index (Phi) is 6.65. The Morgan fingerprint density at radius 2 is 2.00 bits per heavy atom. The van der Waals surface area contributed by atoms with Crippen molar-refractivity contribution in [3.63, 3.8) is 0 Å². The van der Waals surface area contributed by atoms with Gasteiger partial charge in [-0.05, 0) is 58.7 Å². The molecule has 1 saturated heterocycles. The second-order valence-corrected chi connectivity index (χ2v) is 7.01. The fraction of sp³-hybridized carbons (Fsp3) is 0.455. The van der Waals surface area contributed by atoms with Gasteiger partial charge >= 0.3 is 5.97 Å². The summed E-state index contributed by atoms with van der Waals surface area (Å²) < 4.78 is 34.7. The molecule has 2 aromatic rings. The third-order valence-corrected chi connectivity index (χ3v) is 4.85. The molecule has 0 unspecified atom stereocenters. The molecule has 2 fully saturated rings. The van der Waals surface area contributed by atoms with E-state index in [0.29, 0.717) is 0 Å². The summed E-state index contributed by atoms with van der Waals surface area (Å²) in [7, 11) is 0. The van der Waals surface area contributed by atoms with Gasteiger partial charge in [0.1, 0.15) is 5.56 Å². The van der Waals surface area contributed by atoms with Gasteiger partial charge in [0.15, 0.2) is 11.6 Å². The van der Waals surface area contributed by atoms with Gasteiger partial charge in [-0.2, -0.15) is 0 Å². The minimum absolute atomic E-state index is 0.0311. The van der Waals surface area contributed by atoms with E-state index in [0.717, 1.165) is 18.9 Å². The number of pyridine rings is 1. The van der Waals surface area contributed by atoms with E-state index in [9.17, 15) is 18.4 Å². The van der Waals surface area contributed by atoms with Crippen LogP contribution in [-0.2, 0) is 4.74 Å². The largest absolute Gasteiger partial charge is 0.462 e. The predicted molar refractivity (Wildman–Crippen MR) is 107 cm³/mol. The minimum atomic E-state index is -1.17. The maximum atomic E-state index is 14.2. The molecule has 0 radical (unpaired) electrons. The zero-order valence-electron chi connectivity index (χ0n) is 16.6. The molecule has 5 nitrogen and oxygen atoms in total. The second-order valence-electron chi connectivity index (χ2n) is 7.01. The van der Waals surface area contributed by atoms with Crippen molar-refractivity contribution in [3.8, 4) is 11.8 Å². The molecule has 1 saturated carbocycles. The fourth-order valence-electron chi connectivity index (χ4n) is 3.32. The van der Waals surface area contributed by atoms with Gasteiger partial charge in [0.2, 0.25) is 5.43 Å². The summed E-state index contributed by atoms with van der Waals surface area (Å²) in [5, 5.41) is 3.16. The molecule has 1 aliphatic carbocycles. The Balaban J connectivity index is 0.000000419. The van der Waals surface area contributed by atoms with Crippen molar-refractivity contribution in [2.75, 3.05) is 19.7 Å². The van der Waals surface area contributed by atoms with Gasteiger partial charge in [-0.25, -0.2) is 13.6 Å². The lowest BCUT2D eigenvalue weighted by Crippen LogP contribution is -2.22. The van der Waals surface area contributed by atoms with Crippen molar-refractivity contribution in [1.29, 1.82) is 0 Å². The molecule has 2 aliphatic rings. The van der Waals surface area contributed by atoms with Crippen LogP contribution in [0, 0.1) is 23.5 Å². The van der Waals surface area contributed by atoms with Crippen molar-refractivity contribution in [1.82, 2.24) is 9.88 Å². The van der Waals surface area contributed by atoms with Crippen molar-refractivity contribution in [2.45, 2.75) is 45.6 Å². The first-order valence-corrected chi connectivity index (χ1v) is 9.87. The molecule has 0 spiro atoms. The second kappa shape index (κ2) is 9.19. The molecule has 7 heteroatoms. The number of aromatic nitrogens is 1. The van der Waals surface area contributed by atoms with Crippen molar-refractivity contribution in [3.05, 3.63) is 45.2 Å². The predicted octanol–water partition coefficient (Wildman–Crippen LogP) is 3.53. The number of esters is 1. The summed E-state index contributed by atoms with van der Waals surface area (Å²) in [6.45, 7) is 5.75. The summed E-state index contributed by atoms with van der Waals surface area (Å²) in [4.78, 5) is 24.6. The van der Waals surface area contributed by atoms with E-state index in [1.165, 1.54) is 39.1 Å². The monoisotopic (exact) mass is 402 g/mol. The number of carbonyl (C=O) groups is 1. The van der Waals surface area contributed by atoms with Gasteiger partial charge in [-0.1, -0.05) is 5.92 Å². The van der Waals surface area contributed by atoms with Crippen LogP contribution in [0.25, 0.3) is 10.9 Å². The molecule has 1 aromatic carbocycles. The van der Waals surface area contributed by atoms with E-state index >= 15 is 0 Å². The van der Waals surface area contributed by atoms with Crippen LogP contribution in [0.4, 0.5) is 8.78 Å². The maximum Gasteiger partial charge on any atom is 0.343 e. The van der Waals surface area contributed by atoms with E-state index in [2.05, 4.69) is 17.2 Å². The van der Waals surface area contributed by atoms with E-state index in [1.807, 2.05) is 0 Å². The maximum absolute atomic E-state index is 14.2. The van der Waals surface area contributed by atoms with Crippen LogP contribution in [0.15, 0.2) is 17.1 Å². The van der Waals surface area contributed by atoms with Gasteiger partial charge in [-0.15, -0.1) is 5.92 Å². The molecule has 154 valence electrons. The zero-order chi connectivity index (χ0) is 21.0. The summed E-state index contributed by atoms with van der Waals surface area (Å²) in [5.74, 6) is 2.06. The topological polar surface area (TPSA) is 60.3 Å². The lowest BCUT2D eigenvalue weighted by atomic mass is 10.1. The highest BCUT2D eigenvalue weighted by molar-refractivity contribution is 5.95. The van der Waals surface area contributed by atoms with Gasteiger partial charge in [-0.3, -0.25) is 4.79 Å². The van der Waals surface area contributed by atoms with Gasteiger partial charge in [0.05, 0.1) is 23.1 Å². The quantitative estimate of drug-likeness (QED) is 0.630. The average molecular weight is 402 g/mol. The number of hydrogen-bond acceptors (Lipinski definition) is 4. The van der Waals surface area contributed by atoms with Gasteiger partial charge in [0.25, 0.3) is 0 Å². The highest BCUT2D eigenvalue weighted by Gasteiger charge is 2.29. The Morgan fingerprint density at radius 1 is 1.31 bits per heavy atom. The van der Waals surface area contributed by atoms with Crippen molar-refractivity contribution >= 4 is 16.9 Å². The first-order valence-electron chi connectivity index (χ1n) is 9.87. The molecule has 0 bridgehead atoms. The first-order chi connectivity index (χ1) is 14.0. The molecule has 1 N–H and O–H groups in total. The molecule has 1 aliphatic heterocycles. The summed E-state index contributed by atoms with van der Waals surface area (Å²) in [6, 6.07) is 0.860. The molecule has 2 heterocycles. The van der Waals surface area contributed by atoms with Crippen LogP contribution in [0.2, 0.25) is 0 Å². The number of nitrogens with zero attached hydrogens (tertiary/aromatic N) is 1. The number of benzene rings is 1. The number of ether oxygens (including phenoxy) is 1. The third-order valence-electron chi connectivity index (χ3n) is 4.85. The standard InChI is InChI=1S/C18H15F2NO3.C4H9N/c1-3-5-11-15(20)14(19)8-12-16(11)21(10-6-7-10)9-13(17(12)22)18(23)24-4-2;1-2-4-5-3-1/h8-10H,4,6-7H2,1-2H3;5H,1-4H2. The minimum Gasteiger partial charge on any atom is -0.462 e. The molecular formula is C22H24F2N2O3. The highest BCUT2D eigenvalue weighted by atomic mass is 19.2. The van der Waals surface area contributed by atoms with Crippen LogP contribution < -0.4 is 10.7 Å². The lowest BCUT2D eigenvalue weighted by Gasteiger charge is -2.14. The van der Waals surface area contributed by atoms with E-state index in [4.69, 9.17) is 4.74 Å². The van der Waals surface area contributed by atoms with Gasteiger partial charge < -0.3 is 14.6 Å². The van der Waals surface area contributed by atoms with Crippen LogP contribution >= 0.6 is 0 Å². The third kappa shape index (κ3) is 4.48. The Bertz CT molecular complexity index is 1030. The summed E-state index contributed by atoms with van der Waals surface area (Å²) in [6.07, 6.45) is 5.81. The highest BCUT2D eigenvalue weighted by Crippen LogP contribution is 2.38. The molecule has 29 heavy (non-hydrogen) atoms. The normalized spacial score (nSPS) is 15.3. The number of hydrogen-bond donors (Lipinski definition) is 1. The molecule has 0 atom stereocenters. The molecular weight excluding hydrogens is 378 g/mol. The first kappa shape index (κ1) is 21.0. The van der Waals surface area contributed by atoms with Crippen molar-refractivity contribution < 1.29 is 18.3 Å². The lowest BCUT2D eigenvalue weighted by molar-refractivity contribution is 0.0524. The number of halogens is 2.